The van der Waals surface area contributed by atoms with Crippen LogP contribution in [-0.4, -0.2) is 11.9 Å². The zero-order valence-corrected chi connectivity index (χ0v) is 13.6. The van der Waals surface area contributed by atoms with E-state index in [0.717, 1.165) is 11.1 Å². The summed E-state index contributed by atoms with van der Waals surface area (Å²) in [6.45, 7) is 3.83. The second kappa shape index (κ2) is 8.28. The van der Waals surface area contributed by atoms with Gasteiger partial charge in [0.2, 0.25) is 0 Å². The summed E-state index contributed by atoms with van der Waals surface area (Å²) >= 11 is 0. The lowest BCUT2D eigenvalue weighted by molar-refractivity contribution is -0.162. The highest BCUT2D eigenvalue weighted by atomic mass is 16.6. The fraction of sp³-hybridized carbons (Fsp3) is 0.300. The SMILES string of the molecule is CC[C@H](C(=O)OC(=O)[C@H](CC)c1ccccc1)c1ccccc1. The highest BCUT2D eigenvalue weighted by molar-refractivity contribution is 5.92. The van der Waals surface area contributed by atoms with E-state index in [2.05, 4.69) is 0 Å². The zero-order valence-electron chi connectivity index (χ0n) is 13.6. The third-order valence-corrected chi connectivity index (χ3v) is 3.99. The summed E-state index contributed by atoms with van der Waals surface area (Å²) in [5.41, 5.74) is 1.75. The first-order chi connectivity index (χ1) is 11.2. The number of esters is 2. The number of hydrogen-bond acceptors (Lipinski definition) is 3. The molecule has 0 radical (unpaired) electrons. The van der Waals surface area contributed by atoms with Crippen molar-refractivity contribution < 1.29 is 14.3 Å². The molecule has 0 fully saturated rings. The van der Waals surface area contributed by atoms with E-state index >= 15 is 0 Å². The van der Waals surface area contributed by atoms with Gasteiger partial charge >= 0.3 is 11.9 Å². The van der Waals surface area contributed by atoms with Crippen molar-refractivity contribution in [1.29, 1.82) is 0 Å². The summed E-state index contributed by atoms with van der Waals surface area (Å²) in [5, 5.41) is 0. The fourth-order valence-corrected chi connectivity index (χ4v) is 2.69. The monoisotopic (exact) mass is 310 g/mol. The number of benzene rings is 2. The molecule has 0 aliphatic rings. The molecule has 0 N–H and O–H groups in total. The Bertz CT molecular complexity index is 577. The van der Waals surface area contributed by atoms with Crippen LogP contribution in [0.4, 0.5) is 0 Å². The second-order valence-electron chi connectivity index (χ2n) is 5.48. The van der Waals surface area contributed by atoms with Crippen LogP contribution in [0.15, 0.2) is 60.7 Å². The minimum Gasteiger partial charge on any atom is -0.392 e. The number of hydrogen-bond donors (Lipinski definition) is 0. The summed E-state index contributed by atoms with van der Waals surface area (Å²) in [6.07, 6.45) is 1.19. The highest BCUT2D eigenvalue weighted by Crippen LogP contribution is 2.25. The average Bonchev–Trinajstić information content (AvgIpc) is 2.58. The van der Waals surface area contributed by atoms with Gasteiger partial charge in [-0.05, 0) is 24.0 Å². The second-order valence-corrected chi connectivity index (χ2v) is 5.48. The van der Waals surface area contributed by atoms with Gasteiger partial charge in [0.05, 0.1) is 11.8 Å². The van der Waals surface area contributed by atoms with Crippen LogP contribution in [0.1, 0.15) is 49.7 Å². The Balaban J connectivity index is 2.10. The van der Waals surface area contributed by atoms with E-state index in [1.165, 1.54) is 0 Å². The molecule has 0 aromatic heterocycles. The van der Waals surface area contributed by atoms with Gasteiger partial charge in [-0.1, -0.05) is 74.5 Å². The maximum absolute atomic E-state index is 12.4. The molecule has 23 heavy (non-hydrogen) atoms. The van der Waals surface area contributed by atoms with Gasteiger partial charge in [0.15, 0.2) is 0 Å². The fourth-order valence-electron chi connectivity index (χ4n) is 2.69. The van der Waals surface area contributed by atoms with E-state index in [9.17, 15) is 9.59 Å². The van der Waals surface area contributed by atoms with E-state index in [1.807, 2.05) is 74.5 Å². The van der Waals surface area contributed by atoms with Crippen LogP contribution in [0.5, 0.6) is 0 Å². The van der Waals surface area contributed by atoms with Crippen LogP contribution >= 0.6 is 0 Å². The predicted octanol–water partition coefficient (Wildman–Crippen LogP) is 4.44. The van der Waals surface area contributed by atoms with Crippen molar-refractivity contribution in [3.8, 4) is 0 Å². The average molecular weight is 310 g/mol. The third-order valence-electron chi connectivity index (χ3n) is 3.99. The first kappa shape index (κ1) is 16.9. The van der Waals surface area contributed by atoms with Gasteiger partial charge in [0.25, 0.3) is 0 Å². The highest BCUT2D eigenvalue weighted by Gasteiger charge is 2.27. The largest absolute Gasteiger partial charge is 0.392 e. The normalized spacial score (nSPS) is 13.1. The van der Waals surface area contributed by atoms with Gasteiger partial charge < -0.3 is 4.74 Å². The van der Waals surface area contributed by atoms with Crippen molar-refractivity contribution in [2.45, 2.75) is 38.5 Å². The topological polar surface area (TPSA) is 43.4 Å². The summed E-state index contributed by atoms with van der Waals surface area (Å²) in [6, 6.07) is 18.9. The van der Waals surface area contributed by atoms with Crippen LogP contribution in [0.3, 0.4) is 0 Å². The van der Waals surface area contributed by atoms with Gasteiger partial charge in [-0.3, -0.25) is 9.59 Å². The van der Waals surface area contributed by atoms with Crippen molar-refractivity contribution in [3.05, 3.63) is 71.8 Å². The molecule has 0 aliphatic heterocycles. The maximum atomic E-state index is 12.4. The summed E-state index contributed by atoms with van der Waals surface area (Å²) in [5.74, 6) is -1.77. The molecule has 0 amide bonds. The Morgan fingerprint density at radius 3 is 1.39 bits per heavy atom. The molecule has 0 saturated heterocycles. The maximum Gasteiger partial charge on any atom is 0.321 e. The van der Waals surface area contributed by atoms with Gasteiger partial charge in [-0.25, -0.2) is 0 Å². The Morgan fingerprint density at radius 2 is 1.09 bits per heavy atom. The molecule has 2 aromatic carbocycles. The molecular weight excluding hydrogens is 288 g/mol. The van der Waals surface area contributed by atoms with Crippen molar-refractivity contribution in [1.82, 2.24) is 0 Å². The van der Waals surface area contributed by atoms with Crippen LogP contribution in [-0.2, 0) is 14.3 Å². The standard InChI is InChI=1S/C20H22O3/c1-3-17(15-11-7-5-8-12-15)19(21)23-20(22)18(4-2)16-13-9-6-10-14-16/h5-14,17-18H,3-4H2,1-2H3/t17-,18+. The zero-order chi connectivity index (χ0) is 16.7. The molecule has 0 heterocycles. The molecule has 2 aromatic rings. The molecule has 3 heteroatoms. The molecule has 0 aliphatic carbocycles. The lowest BCUT2D eigenvalue weighted by Crippen LogP contribution is -2.23. The van der Waals surface area contributed by atoms with Gasteiger partial charge in [-0.2, -0.15) is 0 Å². The van der Waals surface area contributed by atoms with Crippen molar-refractivity contribution >= 4 is 11.9 Å². The van der Waals surface area contributed by atoms with Crippen LogP contribution in [0.2, 0.25) is 0 Å². The van der Waals surface area contributed by atoms with Gasteiger partial charge in [0, 0.05) is 0 Å². The van der Waals surface area contributed by atoms with Gasteiger partial charge in [0.1, 0.15) is 0 Å². The lowest BCUT2D eigenvalue weighted by Gasteiger charge is -2.17. The smallest absolute Gasteiger partial charge is 0.321 e. The third kappa shape index (κ3) is 4.28. The molecular formula is C20H22O3. The van der Waals surface area contributed by atoms with E-state index in [-0.39, 0.29) is 0 Å². The molecule has 3 nitrogen and oxygen atoms in total. The minimum atomic E-state index is -0.474. The van der Waals surface area contributed by atoms with Crippen molar-refractivity contribution in [2.24, 2.45) is 0 Å². The lowest BCUT2D eigenvalue weighted by atomic mass is 9.95. The Labute approximate surface area is 137 Å². The van der Waals surface area contributed by atoms with E-state index in [4.69, 9.17) is 4.74 Å². The molecule has 0 unspecified atom stereocenters. The quantitative estimate of drug-likeness (QED) is 0.585. The minimum absolute atomic E-state index is 0.409. The first-order valence-corrected chi connectivity index (χ1v) is 8.02. The molecule has 120 valence electrons. The summed E-state index contributed by atoms with van der Waals surface area (Å²) in [7, 11) is 0. The molecule has 0 bridgehead atoms. The van der Waals surface area contributed by atoms with Gasteiger partial charge in [-0.15, -0.1) is 0 Å². The number of ether oxygens (including phenoxy) is 1. The Hall–Kier alpha value is -2.42. The molecule has 0 saturated carbocycles. The van der Waals surface area contributed by atoms with Crippen molar-refractivity contribution in [3.63, 3.8) is 0 Å². The number of carbonyl (C=O) groups is 2. The molecule has 2 rings (SSSR count). The summed E-state index contributed by atoms with van der Waals surface area (Å²) < 4.78 is 5.19. The first-order valence-electron chi connectivity index (χ1n) is 8.02. The summed E-state index contributed by atoms with van der Waals surface area (Å²) in [4.78, 5) is 24.8. The van der Waals surface area contributed by atoms with E-state index in [1.54, 1.807) is 0 Å². The van der Waals surface area contributed by atoms with Crippen LogP contribution in [0, 0.1) is 0 Å². The molecule has 2 atom stereocenters. The predicted molar refractivity (Wildman–Crippen MR) is 90.0 cm³/mol. The number of carbonyl (C=O) groups excluding carboxylic acids is 2. The van der Waals surface area contributed by atoms with Crippen molar-refractivity contribution in [2.75, 3.05) is 0 Å². The number of rotatable bonds is 6. The van der Waals surface area contributed by atoms with Crippen LogP contribution in [0.25, 0.3) is 0 Å². The molecule has 0 spiro atoms. The Morgan fingerprint density at radius 1 is 0.739 bits per heavy atom. The van der Waals surface area contributed by atoms with E-state index < -0.39 is 23.8 Å². The Kier molecular flexibility index (Phi) is 6.10. The van der Waals surface area contributed by atoms with Crippen LogP contribution < -0.4 is 0 Å². The van der Waals surface area contributed by atoms with E-state index in [0.29, 0.717) is 12.8 Å².